The number of para-hydroxylation sites is 1. The first-order valence-electron chi connectivity index (χ1n) is 9.73. The fourth-order valence-corrected chi connectivity index (χ4v) is 4.54. The monoisotopic (exact) mass is 422 g/mol. The van der Waals surface area contributed by atoms with Gasteiger partial charge >= 0.3 is 16.0 Å². The highest BCUT2D eigenvalue weighted by Crippen LogP contribution is 2.26. The van der Waals surface area contributed by atoms with Gasteiger partial charge in [0.1, 0.15) is 10.6 Å². The fraction of sp³-hybridized carbons (Fsp3) is 0.227. The molecule has 1 aliphatic rings. The van der Waals surface area contributed by atoms with Gasteiger partial charge in [0.15, 0.2) is 0 Å². The molecule has 0 amide bonds. The second kappa shape index (κ2) is 7.87. The molecule has 30 heavy (non-hydrogen) atoms. The average Bonchev–Trinajstić information content (AvgIpc) is 3.11. The summed E-state index contributed by atoms with van der Waals surface area (Å²) in [4.78, 5) is 9.02. The third kappa shape index (κ3) is 4.18. The van der Waals surface area contributed by atoms with Crippen molar-refractivity contribution < 1.29 is 13.0 Å². The van der Waals surface area contributed by atoms with Crippen LogP contribution >= 0.6 is 0 Å². The van der Waals surface area contributed by atoms with Crippen LogP contribution in [0.25, 0.3) is 0 Å². The van der Waals surface area contributed by atoms with Gasteiger partial charge in [-0.15, -0.1) is 0 Å². The van der Waals surface area contributed by atoms with E-state index in [1.807, 2.05) is 49.6 Å². The highest BCUT2D eigenvalue weighted by molar-refractivity contribution is 7.90. The van der Waals surface area contributed by atoms with E-state index < -0.39 is 10.0 Å². The lowest BCUT2D eigenvalue weighted by molar-refractivity contribution is -0.430. The molecule has 0 unspecified atom stereocenters. The summed E-state index contributed by atoms with van der Waals surface area (Å²) in [5.41, 5.74) is 4.71. The molecule has 8 heteroatoms. The normalized spacial score (nSPS) is 14.9. The summed E-state index contributed by atoms with van der Waals surface area (Å²) in [5, 5.41) is 3.11. The molecule has 1 aromatic heterocycles. The van der Waals surface area contributed by atoms with Crippen LogP contribution in [0.1, 0.15) is 22.5 Å². The number of aryl methyl sites for hydroxylation is 3. The Balaban J connectivity index is 1.78. The van der Waals surface area contributed by atoms with E-state index in [1.165, 1.54) is 0 Å². The predicted molar refractivity (Wildman–Crippen MR) is 117 cm³/mol. The molecule has 7 nitrogen and oxygen atoms in total. The first-order chi connectivity index (χ1) is 14.3. The van der Waals surface area contributed by atoms with Gasteiger partial charge in [0.05, 0.1) is 6.54 Å². The molecule has 0 saturated heterocycles. The average molecular weight is 423 g/mol. The van der Waals surface area contributed by atoms with Crippen LogP contribution in [0, 0.1) is 20.8 Å². The molecule has 154 valence electrons. The molecular formula is C22H24N5O2S+. The van der Waals surface area contributed by atoms with E-state index >= 15 is 0 Å². The first kappa shape index (κ1) is 20.0. The van der Waals surface area contributed by atoms with Crippen molar-refractivity contribution in [2.24, 2.45) is 0 Å². The number of benzene rings is 2. The number of hydrogen-bond acceptors (Lipinski definition) is 4. The molecule has 0 bridgehead atoms. The molecule has 3 aromatic rings. The zero-order chi connectivity index (χ0) is 21.3. The van der Waals surface area contributed by atoms with E-state index in [1.54, 1.807) is 24.3 Å². The number of aromatic nitrogens is 2. The molecule has 1 aliphatic heterocycles. The summed E-state index contributed by atoms with van der Waals surface area (Å²) in [6.45, 7) is 6.31. The molecule has 0 aliphatic carbocycles. The van der Waals surface area contributed by atoms with Crippen LogP contribution in [0.4, 0.5) is 11.6 Å². The highest BCUT2D eigenvalue weighted by Gasteiger charge is 2.29. The standard InChI is InChI=1S/C22H23N5O2S/c1-15-8-10-19(11-9-15)30(28,29)26-22(25-21-23-16(2)14-17(3)24-21)27-13-12-18-6-4-5-7-20(18)27/h4-11,14H,12-13H2,1-3H3,(H,23,24,25,26)/p+1. The summed E-state index contributed by atoms with van der Waals surface area (Å²) >= 11 is 0. The van der Waals surface area contributed by atoms with Crippen molar-refractivity contribution in [3.8, 4) is 0 Å². The van der Waals surface area contributed by atoms with Crippen molar-refractivity contribution in [1.82, 2.24) is 14.7 Å². The van der Waals surface area contributed by atoms with Gasteiger partial charge in [0.2, 0.25) is 0 Å². The van der Waals surface area contributed by atoms with Gasteiger partial charge in [0, 0.05) is 17.8 Å². The Morgan fingerprint density at radius 2 is 1.63 bits per heavy atom. The smallest absolute Gasteiger partial charge is 0.230 e. The number of sulfonamides is 1. The van der Waals surface area contributed by atoms with Gasteiger partial charge in [-0.25, -0.2) is 19.9 Å². The minimum Gasteiger partial charge on any atom is -0.230 e. The van der Waals surface area contributed by atoms with E-state index in [2.05, 4.69) is 26.1 Å². The molecule has 2 aromatic carbocycles. The van der Waals surface area contributed by atoms with Gasteiger partial charge < -0.3 is 0 Å². The third-order valence-corrected chi connectivity index (χ3v) is 6.29. The van der Waals surface area contributed by atoms with Crippen LogP contribution in [-0.4, -0.2) is 35.5 Å². The van der Waals surface area contributed by atoms with Gasteiger partial charge in [-0.2, -0.15) is 13.1 Å². The molecule has 2 heterocycles. The maximum absolute atomic E-state index is 13.1. The number of nitrogens with one attached hydrogen (secondary N) is 2. The molecule has 0 fully saturated rings. The Morgan fingerprint density at radius 3 is 2.33 bits per heavy atom. The van der Waals surface area contributed by atoms with Crippen molar-refractivity contribution in [3.63, 3.8) is 0 Å². The van der Waals surface area contributed by atoms with Crippen LogP contribution < -0.4 is 10.0 Å². The molecule has 4 rings (SSSR count). The minimum absolute atomic E-state index is 0.196. The Hall–Kier alpha value is -3.26. The molecule has 0 atom stereocenters. The predicted octanol–water partition coefficient (Wildman–Crippen LogP) is 3.05. The summed E-state index contributed by atoms with van der Waals surface area (Å²) in [6.07, 6.45) is 0.821. The minimum atomic E-state index is -3.80. The van der Waals surface area contributed by atoms with Gasteiger partial charge in [-0.3, -0.25) is 0 Å². The Labute approximate surface area is 176 Å². The van der Waals surface area contributed by atoms with Crippen molar-refractivity contribution in [2.75, 3.05) is 11.9 Å². The summed E-state index contributed by atoms with van der Waals surface area (Å²) < 4.78 is 30.9. The lowest BCUT2D eigenvalue weighted by atomic mass is 10.2. The quantitative estimate of drug-likeness (QED) is 0.500. The maximum atomic E-state index is 13.1. The summed E-state index contributed by atoms with van der Waals surface area (Å²) in [6, 6.07) is 16.6. The Kier molecular flexibility index (Phi) is 5.26. The Bertz CT molecular complexity index is 1210. The van der Waals surface area contributed by atoms with E-state index in [4.69, 9.17) is 0 Å². The molecule has 0 spiro atoms. The van der Waals surface area contributed by atoms with Crippen molar-refractivity contribution in [2.45, 2.75) is 32.1 Å². The van der Waals surface area contributed by atoms with Crippen molar-refractivity contribution in [1.29, 1.82) is 0 Å². The third-order valence-electron chi connectivity index (χ3n) is 4.93. The lowest BCUT2D eigenvalue weighted by Crippen LogP contribution is -2.42. The fourth-order valence-electron chi connectivity index (χ4n) is 3.51. The van der Waals surface area contributed by atoms with Crippen LogP contribution in [0.15, 0.2) is 59.5 Å². The number of fused-ring (bicyclic) bond motifs is 1. The topological polar surface area (TPSA) is 87.0 Å². The molecule has 0 radical (unpaired) electrons. The second-order valence-electron chi connectivity index (χ2n) is 7.40. The number of guanidine groups is 1. The first-order valence-corrected chi connectivity index (χ1v) is 11.2. The summed E-state index contributed by atoms with van der Waals surface area (Å²) in [5.74, 6) is 0.656. The van der Waals surface area contributed by atoms with Crippen LogP contribution in [0.2, 0.25) is 0 Å². The summed E-state index contributed by atoms with van der Waals surface area (Å²) in [7, 11) is -3.80. The zero-order valence-electron chi connectivity index (χ0n) is 17.2. The van der Waals surface area contributed by atoms with Gasteiger partial charge in [-0.05, 0) is 50.6 Å². The van der Waals surface area contributed by atoms with Crippen LogP contribution in [0.3, 0.4) is 0 Å². The zero-order valence-corrected chi connectivity index (χ0v) is 18.0. The highest BCUT2D eigenvalue weighted by atomic mass is 32.2. The Morgan fingerprint density at radius 1 is 0.967 bits per heavy atom. The largest absolute Gasteiger partial charge is 0.373 e. The van der Waals surface area contributed by atoms with E-state index in [0.29, 0.717) is 18.5 Å². The second-order valence-corrected chi connectivity index (χ2v) is 9.08. The molecule has 0 saturated carbocycles. The van der Waals surface area contributed by atoms with E-state index in [-0.39, 0.29) is 4.90 Å². The van der Waals surface area contributed by atoms with Crippen molar-refractivity contribution >= 4 is 27.6 Å². The lowest BCUT2D eigenvalue weighted by Gasteiger charge is -2.11. The number of hydrogen-bond donors (Lipinski definition) is 2. The molecular weight excluding hydrogens is 398 g/mol. The number of anilines is 1. The number of rotatable bonds is 3. The van der Waals surface area contributed by atoms with Gasteiger partial charge in [0.25, 0.3) is 5.95 Å². The SMILES string of the molecule is Cc1ccc(S(=O)(=O)NC(Nc2nc(C)cc(C)n2)=[N+]2CCc3ccccc32)cc1. The molecule has 2 N–H and O–H groups in total. The maximum Gasteiger partial charge on any atom is 0.373 e. The van der Waals surface area contributed by atoms with Crippen molar-refractivity contribution in [3.05, 3.63) is 77.1 Å². The van der Waals surface area contributed by atoms with Gasteiger partial charge in [-0.1, -0.05) is 35.9 Å². The van der Waals surface area contributed by atoms with E-state index in [0.717, 1.165) is 34.6 Å². The van der Waals surface area contributed by atoms with Crippen LogP contribution in [-0.2, 0) is 16.4 Å². The van der Waals surface area contributed by atoms with E-state index in [9.17, 15) is 8.42 Å². The van der Waals surface area contributed by atoms with Crippen LogP contribution in [0.5, 0.6) is 0 Å². The number of nitrogens with zero attached hydrogens (tertiary/aromatic N) is 3.